The molecule has 0 saturated heterocycles. The molecule has 42 heavy (non-hydrogen) atoms. The minimum Gasteiger partial charge on any atom is -0.479 e. The Kier molecular flexibility index (Phi) is 16.1. The summed E-state index contributed by atoms with van der Waals surface area (Å²) in [5.74, 6) is -5.60. The molecule has 2 rings (SSSR count). The van der Waals surface area contributed by atoms with E-state index in [0.717, 1.165) is 0 Å². The maximum Gasteiger partial charge on any atom is 0.336 e. The highest BCUT2D eigenvalue weighted by Gasteiger charge is 2.40. The van der Waals surface area contributed by atoms with Crippen molar-refractivity contribution in [3.05, 3.63) is 56.3 Å². The number of hydrogen-bond donors (Lipinski definition) is 6. The van der Waals surface area contributed by atoms with E-state index in [9.17, 15) is 19.2 Å². The summed E-state index contributed by atoms with van der Waals surface area (Å²) >= 11 is 12.7. The summed E-state index contributed by atoms with van der Waals surface area (Å²) in [6.07, 6.45) is -4.53. The van der Waals surface area contributed by atoms with Crippen LogP contribution in [0.3, 0.4) is 0 Å². The van der Waals surface area contributed by atoms with E-state index in [0.29, 0.717) is 41.7 Å². The zero-order valence-corrected chi connectivity index (χ0v) is 24.6. The Morgan fingerprint density at radius 3 is 2.10 bits per heavy atom. The Labute approximate surface area is 251 Å². The molecule has 0 amide bonds. The Morgan fingerprint density at radius 1 is 0.976 bits per heavy atom. The van der Waals surface area contributed by atoms with Gasteiger partial charge in [-0.05, 0) is 25.5 Å². The van der Waals surface area contributed by atoms with Crippen LogP contribution in [0.1, 0.15) is 25.3 Å². The van der Waals surface area contributed by atoms with Crippen LogP contribution >= 0.6 is 23.2 Å². The van der Waals surface area contributed by atoms with Crippen molar-refractivity contribution >= 4 is 47.1 Å². The highest BCUT2D eigenvalue weighted by molar-refractivity contribution is 6.42. The normalized spacial score (nSPS) is 16.0. The SMILES string of the molecule is CCOC(=O)C1=C(COCCOCCN)NC(C)=C(C(=O)OC)[C@@H]1c1cccc(Cl)c1Cl.O=C(O)[C@H](O)[C@@H](O)C(=O)O. The third-order valence-corrected chi connectivity index (χ3v) is 6.36. The number of hydrogen-bond acceptors (Lipinski definition) is 12. The molecule has 0 spiro atoms. The predicted molar refractivity (Wildman–Crippen MR) is 149 cm³/mol. The van der Waals surface area contributed by atoms with Gasteiger partial charge in [-0.3, -0.25) is 0 Å². The molecule has 0 aliphatic carbocycles. The van der Waals surface area contributed by atoms with E-state index in [-0.39, 0.29) is 36.0 Å². The van der Waals surface area contributed by atoms with Crippen molar-refractivity contribution in [2.24, 2.45) is 5.73 Å². The molecule has 1 aromatic rings. The van der Waals surface area contributed by atoms with Gasteiger partial charge in [0.2, 0.25) is 0 Å². The summed E-state index contributed by atoms with van der Waals surface area (Å²) < 4.78 is 21.3. The van der Waals surface area contributed by atoms with Crippen LogP contribution in [-0.4, -0.2) is 103 Å². The molecular formula is C26H34Cl2N2O12. The second-order valence-corrected chi connectivity index (χ2v) is 9.15. The number of carbonyl (C=O) groups is 4. The molecular weight excluding hydrogens is 603 g/mol. The summed E-state index contributed by atoms with van der Waals surface area (Å²) in [6.45, 7) is 5.10. The average Bonchev–Trinajstić information content (AvgIpc) is 2.95. The number of esters is 2. The molecule has 0 saturated carbocycles. The fourth-order valence-corrected chi connectivity index (χ4v) is 4.06. The standard InChI is InChI=1S/C22H28Cl2N2O6.C4H6O6/c1-4-32-22(28)19-16(12-31-11-10-30-9-8-25)26-13(2)17(21(27)29-3)18(19)14-6-5-7-15(23)20(14)24;5-1(3(7)8)2(6)4(9)10/h5-7,18,26H,4,8-12,25H2,1-3H3;1-2,5-6H,(H,7,8)(H,9,10)/t18-;1-,2-/m01/s1. The molecule has 1 aliphatic rings. The van der Waals surface area contributed by atoms with Crippen molar-refractivity contribution in [3.8, 4) is 0 Å². The van der Waals surface area contributed by atoms with Gasteiger partial charge in [-0.1, -0.05) is 35.3 Å². The van der Waals surface area contributed by atoms with Crippen LogP contribution in [0.15, 0.2) is 40.7 Å². The number of methoxy groups -OCH3 is 1. The lowest BCUT2D eigenvalue weighted by atomic mass is 9.80. The molecule has 7 N–H and O–H groups in total. The zero-order chi connectivity index (χ0) is 32.0. The van der Waals surface area contributed by atoms with E-state index in [4.69, 9.17) is 68.3 Å². The minimum absolute atomic E-state index is 0.0562. The molecule has 1 aromatic carbocycles. The first-order chi connectivity index (χ1) is 19.8. The van der Waals surface area contributed by atoms with Gasteiger partial charge in [-0.2, -0.15) is 0 Å². The number of carbonyl (C=O) groups excluding carboxylic acids is 2. The zero-order valence-electron chi connectivity index (χ0n) is 23.1. The first-order valence-electron chi connectivity index (χ1n) is 12.4. The number of nitrogens with one attached hydrogen (secondary N) is 1. The van der Waals surface area contributed by atoms with E-state index >= 15 is 0 Å². The van der Waals surface area contributed by atoms with Gasteiger partial charge in [0.1, 0.15) is 0 Å². The van der Waals surface area contributed by atoms with E-state index in [1.165, 1.54) is 7.11 Å². The quantitative estimate of drug-likeness (QED) is 0.123. The number of aliphatic carboxylic acids is 2. The van der Waals surface area contributed by atoms with Crippen LogP contribution in [0.4, 0.5) is 0 Å². The van der Waals surface area contributed by atoms with Crippen LogP contribution in [0.25, 0.3) is 0 Å². The Morgan fingerprint density at radius 2 is 1.57 bits per heavy atom. The van der Waals surface area contributed by atoms with Crippen molar-refractivity contribution in [2.45, 2.75) is 32.0 Å². The number of dihydropyridines is 1. The Balaban J connectivity index is 0.000000752. The summed E-state index contributed by atoms with van der Waals surface area (Å²) in [4.78, 5) is 45.3. The number of carboxylic acids is 2. The lowest BCUT2D eigenvalue weighted by molar-refractivity contribution is -0.165. The van der Waals surface area contributed by atoms with Crippen LogP contribution in [0, 0.1) is 0 Å². The van der Waals surface area contributed by atoms with E-state index in [1.807, 2.05) is 0 Å². The first kappa shape index (κ1) is 36.8. The van der Waals surface area contributed by atoms with Gasteiger partial charge in [0, 0.05) is 12.2 Å². The monoisotopic (exact) mass is 636 g/mol. The van der Waals surface area contributed by atoms with Gasteiger partial charge in [0.05, 0.1) is 73.0 Å². The Bertz CT molecular complexity index is 1170. The van der Waals surface area contributed by atoms with E-state index in [2.05, 4.69) is 5.32 Å². The van der Waals surface area contributed by atoms with Crippen LogP contribution in [-0.2, 0) is 38.1 Å². The highest BCUT2D eigenvalue weighted by atomic mass is 35.5. The molecule has 1 aliphatic heterocycles. The number of aliphatic hydroxyl groups is 2. The lowest BCUT2D eigenvalue weighted by Crippen LogP contribution is -2.39. The van der Waals surface area contributed by atoms with Gasteiger partial charge in [-0.15, -0.1) is 0 Å². The smallest absolute Gasteiger partial charge is 0.336 e. The molecule has 0 fully saturated rings. The van der Waals surface area contributed by atoms with Crippen LogP contribution in [0.5, 0.6) is 0 Å². The first-order valence-corrected chi connectivity index (χ1v) is 13.2. The molecule has 0 bridgehead atoms. The van der Waals surface area contributed by atoms with E-state index in [1.54, 1.807) is 32.0 Å². The highest BCUT2D eigenvalue weighted by Crippen LogP contribution is 2.43. The lowest BCUT2D eigenvalue weighted by Gasteiger charge is -2.31. The largest absolute Gasteiger partial charge is 0.479 e. The van der Waals surface area contributed by atoms with Crippen molar-refractivity contribution in [2.75, 3.05) is 46.7 Å². The number of allylic oxidation sites excluding steroid dienone is 1. The van der Waals surface area contributed by atoms with Gasteiger partial charge < -0.3 is 50.4 Å². The third kappa shape index (κ3) is 10.2. The van der Waals surface area contributed by atoms with E-state index < -0.39 is 42.0 Å². The minimum atomic E-state index is -2.27. The van der Waals surface area contributed by atoms with Gasteiger partial charge in [0.15, 0.2) is 12.2 Å². The molecule has 234 valence electrons. The van der Waals surface area contributed by atoms with Crippen LogP contribution in [0.2, 0.25) is 10.0 Å². The number of aliphatic hydroxyl groups excluding tert-OH is 2. The molecule has 1 heterocycles. The molecule has 0 unspecified atom stereocenters. The fraction of sp³-hybridized carbons (Fsp3) is 0.462. The fourth-order valence-electron chi connectivity index (χ4n) is 3.64. The van der Waals surface area contributed by atoms with Crippen LogP contribution < -0.4 is 11.1 Å². The summed E-state index contributed by atoms with van der Waals surface area (Å²) in [6, 6.07) is 5.03. The molecule has 0 radical (unpaired) electrons. The summed E-state index contributed by atoms with van der Waals surface area (Å²) in [5.41, 5.74) is 7.27. The van der Waals surface area contributed by atoms with Gasteiger partial charge in [-0.25, -0.2) is 19.2 Å². The number of rotatable bonds is 14. The van der Waals surface area contributed by atoms with Gasteiger partial charge in [0.25, 0.3) is 0 Å². The second kappa shape index (κ2) is 18.3. The maximum absolute atomic E-state index is 13.1. The molecule has 16 heteroatoms. The van der Waals surface area contributed by atoms with Gasteiger partial charge >= 0.3 is 23.9 Å². The topological polar surface area (TPSA) is 224 Å². The van der Waals surface area contributed by atoms with Crippen molar-refractivity contribution < 1.29 is 58.6 Å². The van der Waals surface area contributed by atoms with Crippen molar-refractivity contribution in [3.63, 3.8) is 0 Å². The number of halogens is 2. The second-order valence-electron chi connectivity index (χ2n) is 8.36. The average molecular weight is 637 g/mol. The number of benzene rings is 1. The molecule has 14 nitrogen and oxygen atoms in total. The van der Waals surface area contributed by atoms with Crippen molar-refractivity contribution in [1.29, 1.82) is 0 Å². The van der Waals surface area contributed by atoms with Crippen molar-refractivity contribution in [1.82, 2.24) is 5.32 Å². The Hall–Kier alpha value is -3.24. The number of ether oxygens (including phenoxy) is 4. The molecule has 3 atom stereocenters. The summed E-state index contributed by atoms with van der Waals surface area (Å²) in [7, 11) is 1.27. The predicted octanol–water partition coefficient (Wildman–Crippen LogP) is 0.814. The third-order valence-electron chi connectivity index (χ3n) is 5.52. The summed E-state index contributed by atoms with van der Waals surface area (Å²) in [5, 5.41) is 36.2. The number of nitrogens with two attached hydrogens (primary N) is 1. The molecule has 0 aromatic heterocycles. The number of carboxylic acid groups (broad SMARTS) is 2. The maximum atomic E-state index is 13.1.